The SMILES string of the molecule is Cc1nc2cc3c(cc2[nH]1)CC1CNCC3C1. The molecule has 17 heavy (non-hydrogen) atoms. The first kappa shape index (κ1) is 9.66. The lowest BCUT2D eigenvalue weighted by molar-refractivity contribution is 0.318. The normalized spacial score (nSPS) is 27.1. The fourth-order valence-corrected chi connectivity index (χ4v) is 3.54. The molecule has 0 spiro atoms. The molecular weight excluding hydrogens is 210 g/mol. The standard InChI is InChI=1S/C14H17N3/c1-8-16-13-4-10-2-9-3-11(7-15-6-9)12(10)5-14(13)17-8/h4-5,9,11,15H,2-3,6-7H2,1H3,(H,16,17). The maximum absolute atomic E-state index is 4.55. The van der Waals surface area contributed by atoms with Gasteiger partial charge < -0.3 is 10.3 Å². The van der Waals surface area contributed by atoms with Crippen molar-refractivity contribution in [3.63, 3.8) is 0 Å². The molecule has 2 atom stereocenters. The van der Waals surface area contributed by atoms with E-state index in [1.807, 2.05) is 6.92 Å². The molecule has 2 N–H and O–H groups in total. The van der Waals surface area contributed by atoms with Crippen molar-refractivity contribution in [2.75, 3.05) is 13.1 Å². The number of rotatable bonds is 0. The summed E-state index contributed by atoms with van der Waals surface area (Å²) in [6.07, 6.45) is 2.59. The summed E-state index contributed by atoms with van der Waals surface area (Å²) >= 11 is 0. The maximum Gasteiger partial charge on any atom is 0.104 e. The van der Waals surface area contributed by atoms with Crippen LogP contribution in [0.5, 0.6) is 0 Å². The second kappa shape index (κ2) is 3.33. The van der Waals surface area contributed by atoms with E-state index >= 15 is 0 Å². The molecular formula is C14H17N3. The number of nitrogens with zero attached hydrogens (tertiary/aromatic N) is 1. The van der Waals surface area contributed by atoms with E-state index in [0.717, 1.165) is 23.8 Å². The van der Waals surface area contributed by atoms with Crippen molar-refractivity contribution in [2.24, 2.45) is 5.92 Å². The number of H-pyrrole nitrogens is 1. The summed E-state index contributed by atoms with van der Waals surface area (Å²) in [6, 6.07) is 4.64. The van der Waals surface area contributed by atoms with Crippen LogP contribution >= 0.6 is 0 Å². The summed E-state index contributed by atoms with van der Waals surface area (Å²) in [5.74, 6) is 2.56. The molecule has 2 heterocycles. The van der Waals surface area contributed by atoms with Gasteiger partial charge in [0.05, 0.1) is 11.0 Å². The van der Waals surface area contributed by atoms with E-state index < -0.39 is 0 Å². The molecule has 2 aliphatic rings. The molecule has 1 aliphatic carbocycles. The van der Waals surface area contributed by atoms with E-state index in [1.165, 1.54) is 30.5 Å². The predicted molar refractivity (Wildman–Crippen MR) is 68.3 cm³/mol. The number of aryl methyl sites for hydroxylation is 1. The summed E-state index contributed by atoms with van der Waals surface area (Å²) in [5, 5.41) is 3.55. The Hall–Kier alpha value is -1.35. The number of hydrogen-bond acceptors (Lipinski definition) is 2. The number of nitrogens with one attached hydrogen (secondary N) is 2. The van der Waals surface area contributed by atoms with Crippen molar-refractivity contribution < 1.29 is 0 Å². The zero-order valence-corrected chi connectivity index (χ0v) is 10.1. The fourth-order valence-electron chi connectivity index (χ4n) is 3.54. The third kappa shape index (κ3) is 1.42. The van der Waals surface area contributed by atoms with E-state index in [4.69, 9.17) is 0 Å². The van der Waals surface area contributed by atoms with Gasteiger partial charge in [-0.2, -0.15) is 0 Å². The number of piperidine rings is 1. The molecule has 4 rings (SSSR count). The van der Waals surface area contributed by atoms with Gasteiger partial charge in [0.25, 0.3) is 0 Å². The van der Waals surface area contributed by atoms with Crippen LogP contribution < -0.4 is 5.32 Å². The minimum absolute atomic E-state index is 0.707. The quantitative estimate of drug-likeness (QED) is 0.723. The van der Waals surface area contributed by atoms with Crippen LogP contribution in [0.4, 0.5) is 0 Å². The van der Waals surface area contributed by atoms with Gasteiger partial charge in [0.2, 0.25) is 0 Å². The Labute approximate surface area is 101 Å². The second-order valence-electron chi connectivity index (χ2n) is 5.55. The topological polar surface area (TPSA) is 40.7 Å². The minimum Gasteiger partial charge on any atom is -0.342 e. The first-order chi connectivity index (χ1) is 8.29. The molecule has 3 nitrogen and oxygen atoms in total. The van der Waals surface area contributed by atoms with Crippen molar-refractivity contribution in [3.8, 4) is 0 Å². The summed E-state index contributed by atoms with van der Waals surface area (Å²) in [6.45, 7) is 4.35. The molecule has 0 amide bonds. The molecule has 88 valence electrons. The molecule has 2 bridgehead atoms. The zero-order valence-electron chi connectivity index (χ0n) is 10.1. The first-order valence-electron chi connectivity index (χ1n) is 6.49. The van der Waals surface area contributed by atoms with Crippen LogP contribution in [0.1, 0.15) is 29.3 Å². The molecule has 0 saturated carbocycles. The van der Waals surface area contributed by atoms with E-state index in [-0.39, 0.29) is 0 Å². The zero-order chi connectivity index (χ0) is 11.4. The molecule has 2 unspecified atom stereocenters. The van der Waals surface area contributed by atoms with Gasteiger partial charge in [0.15, 0.2) is 0 Å². The van der Waals surface area contributed by atoms with Gasteiger partial charge in [-0.15, -0.1) is 0 Å². The summed E-state index contributed by atoms with van der Waals surface area (Å²) in [4.78, 5) is 7.90. The Kier molecular flexibility index (Phi) is 1.89. The highest BCUT2D eigenvalue weighted by molar-refractivity contribution is 5.77. The number of hydrogen-bond donors (Lipinski definition) is 2. The summed E-state index contributed by atoms with van der Waals surface area (Å²) in [5.41, 5.74) is 5.41. The Balaban J connectivity index is 1.93. The molecule has 1 aromatic carbocycles. The van der Waals surface area contributed by atoms with Crippen molar-refractivity contribution >= 4 is 11.0 Å². The van der Waals surface area contributed by atoms with Gasteiger partial charge in [0.1, 0.15) is 5.82 Å². The second-order valence-corrected chi connectivity index (χ2v) is 5.55. The lowest BCUT2D eigenvalue weighted by Gasteiger charge is -2.36. The van der Waals surface area contributed by atoms with E-state index in [2.05, 4.69) is 27.4 Å². The lowest BCUT2D eigenvalue weighted by Crippen LogP contribution is -2.39. The Morgan fingerprint density at radius 3 is 3.18 bits per heavy atom. The van der Waals surface area contributed by atoms with E-state index in [9.17, 15) is 0 Å². The fraction of sp³-hybridized carbons (Fsp3) is 0.500. The van der Waals surface area contributed by atoms with Crippen LogP contribution in [0.15, 0.2) is 12.1 Å². The van der Waals surface area contributed by atoms with Gasteiger partial charge in [-0.05, 0) is 61.4 Å². The highest BCUT2D eigenvalue weighted by atomic mass is 14.9. The van der Waals surface area contributed by atoms with Crippen molar-refractivity contribution in [3.05, 3.63) is 29.1 Å². The number of aromatic amines is 1. The smallest absolute Gasteiger partial charge is 0.104 e. The first-order valence-corrected chi connectivity index (χ1v) is 6.49. The predicted octanol–water partition coefficient (Wildman–Crippen LogP) is 2.12. The third-order valence-electron chi connectivity index (χ3n) is 4.25. The highest BCUT2D eigenvalue weighted by Crippen LogP contribution is 2.38. The van der Waals surface area contributed by atoms with Gasteiger partial charge in [-0.3, -0.25) is 0 Å². The van der Waals surface area contributed by atoms with Crippen LogP contribution in [-0.2, 0) is 6.42 Å². The van der Waals surface area contributed by atoms with Gasteiger partial charge >= 0.3 is 0 Å². The largest absolute Gasteiger partial charge is 0.342 e. The molecule has 1 aliphatic heterocycles. The van der Waals surface area contributed by atoms with Crippen molar-refractivity contribution in [2.45, 2.75) is 25.7 Å². The average molecular weight is 227 g/mol. The lowest BCUT2D eigenvalue weighted by atomic mass is 9.74. The Morgan fingerprint density at radius 1 is 1.29 bits per heavy atom. The molecule has 1 fully saturated rings. The van der Waals surface area contributed by atoms with Gasteiger partial charge in [-0.25, -0.2) is 4.98 Å². The average Bonchev–Trinajstić information content (AvgIpc) is 2.66. The van der Waals surface area contributed by atoms with Crippen molar-refractivity contribution in [1.82, 2.24) is 15.3 Å². The van der Waals surface area contributed by atoms with E-state index in [0.29, 0.717) is 5.92 Å². The summed E-state index contributed by atoms with van der Waals surface area (Å²) < 4.78 is 0. The van der Waals surface area contributed by atoms with Crippen LogP contribution in [0.3, 0.4) is 0 Å². The molecule has 1 saturated heterocycles. The van der Waals surface area contributed by atoms with Crippen LogP contribution in [0.25, 0.3) is 11.0 Å². The highest BCUT2D eigenvalue weighted by Gasteiger charge is 2.30. The maximum atomic E-state index is 4.55. The van der Waals surface area contributed by atoms with Crippen LogP contribution in [0, 0.1) is 12.8 Å². The molecule has 0 radical (unpaired) electrons. The number of aromatic nitrogens is 2. The number of imidazole rings is 1. The monoisotopic (exact) mass is 227 g/mol. The third-order valence-corrected chi connectivity index (χ3v) is 4.25. The molecule has 1 aromatic heterocycles. The van der Waals surface area contributed by atoms with Crippen LogP contribution in [0.2, 0.25) is 0 Å². The van der Waals surface area contributed by atoms with Gasteiger partial charge in [-0.1, -0.05) is 0 Å². The number of benzene rings is 1. The number of fused-ring (bicyclic) bond motifs is 5. The Morgan fingerprint density at radius 2 is 2.24 bits per heavy atom. The molecule has 2 aromatic rings. The minimum atomic E-state index is 0.707. The van der Waals surface area contributed by atoms with Crippen LogP contribution in [-0.4, -0.2) is 23.1 Å². The molecule has 3 heteroatoms. The Bertz CT molecular complexity index is 584. The van der Waals surface area contributed by atoms with Gasteiger partial charge in [0, 0.05) is 6.54 Å². The summed E-state index contributed by atoms with van der Waals surface area (Å²) in [7, 11) is 0. The van der Waals surface area contributed by atoms with Crippen molar-refractivity contribution in [1.29, 1.82) is 0 Å². The van der Waals surface area contributed by atoms with E-state index in [1.54, 1.807) is 5.56 Å².